The van der Waals surface area contributed by atoms with Gasteiger partial charge in [0, 0.05) is 22.4 Å². The Bertz CT molecular complexity index is 1130. The lowest BCUT2D eigenvalue weighted by molar-refractivity contribution is 0.0915. The van der Waals surface area contributed by atoms with E-state index in [2.05, 4.69) is 24.1 Å². The lowest BCUT2D eigenvalue weighted by Crippen LogP contribution is -2.26. The summed E-state index contributed by atoms with van der Waals surface area (Å²) < 4.78 is 5.77. The van der Waals surface area contributed by atoms with E-state index in [1.807, 2.05) is 30.3 Å². The summed E-state index contributed by atoms with van der Waals surface area (Å²) in [5, 5.41) is 3.37. The number of hydrogen-bond acceptors (Lipinski definition) is 6. The molecule has 0 bridgehead atoms. The first kappa shape index (κ1) is 17.6. The topological polar surface area (TPSA) is 68.3 Å². The number of aromatic nitrogens is 1. The molecule has 1 N–H and O–H groups in total. The van der Waals surface area contributed by atoms with Gasteiger partial charge in [-0.25, -0.2) is 4.98 Å². The number of hydrogen-bond donors (Lipinski definition) is 1. The lowest BCUT2D eigenvalue weighted by atomic mass is 9.78. The van der Waals surface area contributed by atoms with Crippen LogP contribution in [0, 0.1) is 5.41 Å². The van der Waals surface area contributed by atoms with Crippen LogP contribution in [0.3, 0.4) is 0 Å². The Morgan fingerprint density at radius 2 is 2.00 bits per heavy atom. The molecule has 2 aromatic heterocycles. The second kappa shape index (κ2) is 6.25. The largest absolute Gasteiger partial charge is 0.488 e. The number of amides is 1. The Balaban J connectivity index is 1.41. The van der Waals surface area contributed by atoms with E-state index in [9.17, 15) is 9.59 Å². The normalized spacial score (nSPS) is 16.6. The molecule has 1 aliphatic carbocycles. The second-order valence-electron chi connectivity index (χ2n) is 7.94. The number of Topliss-reactive ketones (excluding diaryl/α,β-unsaturated/α-hetero) is 1. The summed E-state index contributed by atoms with van der Waals surface area (Å²) >= 11 is 2.74. The minimum absolute atomic E-state index is 0.0837. The third-order valence-corrected chi connectivity index (χ3v) is 7.27. The number of thiophene rings is 1. The van der Waals surface area contributed by atoms with E-state index in [0.717, 1.165) is 33.9 Å². The van der Waals surface area contributed by atoms with Crippen molar-refractivity contribution in [2.24, 2.45) is 5.41 Å². The van der Waals surface area contributed by atoms with Crippen LogP contribution in [0.4, 0.5) is 5.13 Å². The molecular formula is C21H18N2O3S2. The van der Waals surface area contributed by atoms with Gasteiger partial charge in [-0.2, -0.15) is 0 Å². The molecule has 0 saturated carbocycles. The average molecular weight is 411 g/mol. The summed E-state index contributed by atoms with van der Waals surface area (Å²) in [7, 11) is 0. The fraction of sp³-hybridized carbons (Fsp3) is 0.286. The number of rotatable bonds is 2. The zero-order valence-corrected chi connectivity index (χ0v) is 17.1. The Hall–Kier alpha value is -2.51. The molecular weight excluding hydrogens is 392 g/mol. The fourth-order valence-corrected chi connectivity index (χ4v) is 5.75. The highest BCUT2D eigenvalue weighted by Crippen LogP contribution is 2.43. The van der Waals surface area contributed by atoms with Gasteiger partial charge in [-0.05, 0) is 30.0 Å². The molecule has 5 rings (SSSR count). The number of benzene rings is 1. The highest BCUT2D eigenvalue weighted by molar-refractivity contribution is 7.19. The predicted octanol–water partition coefficient (Wildman–Crippen LogP) is 5.17. The van der Waals surface area contributed by atoms with E-state index in [1.165, 1.54) is 22.7 Å². The van der Waals surface area contributed by atoms with E-state index in [-0.39, 0.29) is 17.1 Å². The van der Waals surface area contributed by atoms with Gasteiger partial charge in [-0.15, -0.1) is 11.3 Å². The van der Waals surface area contributed by atoms with Crippen molar-refractivity contribution in [2.45, 2.75) is 33.3 Å². The van der Waals surface area contributed by atoms with Crippen molar-refractivity contribution in [1.82, 2.24) is 4.98 Å². The summed E-state index contributed by atoms with van der Waals surface area (Å²) in [4.78, 5) is 32.1. The number of fused-ring (bicyclic) bond motifs is 4. The molecule has 3 heterocycles. The minimum Gasteiger partial charge on any atom is -0.488 e. The quantitative estimate of drug-likeness (QED) is 0.633. The Morgan fingerprint density at radius 1 is 1.18 bits per heavy atom. The predicted molar refractivity (Wildman–Crippen MR) is 111 cm³/mol. The van der Waals surface area contributed by atoms with Crippen LogP contribution >= 0.6 is 22.7 Å². The maximum absolute atomic E-state index is 12.8. The van der Waals surface area contributed by atoms with Gasteiger partial charge in [-0.1, -0.05) is 37.3 Å². The molecule has 7 heteroatoms. The number of ether oxygens (including phenoxy) is 1. The smallest absolute Gasteiger partial charge is 0.267 e. The van der Waals surface area contributed by atoms with Crippen molar-refractivity contribution < 1.29 is 14.3 Å². The molecule has 0 fully saturated rings. The van der Waals surface area contributed by atoms with Gasteiger partial charge < -0.3 is 4.74 Å². The monoisotopic (exact) mass is 410 g/mol. The van der Waals surface area contributed by atoms with Crippen LogP contribution in [0.5, 0.6) is 5.75 Å². The van der Waals surface area contributed by atoms with Gasteiger partial charge in [0.1, 0.15) is 12.4 Å². The minimum atomic E-state index is -0.199. The van der Waals surface area contributed by atoms with Crippen LogP contribution in [-0.2, 0) is 13.0 Å². The fourth-order valence-electron chi connectivity index (χ4n) is 3.74. The van der Waals surface area contributed by atoms with E-state index in [1.54, 1.807) is 0 Å². The maximum atomic E-state index is 12.8. The highest BCUT2D eigenvalue weighted by atomic mass is 32.1. The standard InChI is InChI=1S/C21H18N2O3S2/c1-21(2)8-13-18(14(24)9-21)28-20(22-13)23-19(25)16-7-11-10-26-15-6-4-3-5-12(15)17(11)27-16/h3-7H,8-10H2,1-2H3,(H,22,23,25). The molecule has 1 aliphatic heterocycles. The van der Waals surface area contributed by atoms with E-state index in [0.29, 0.717) is 27.9 Å². The second-order valence-corrected chi connectivity index (χ2v) is 9.99. The molecule has 0 saturated heterocycles. The van der Waals surface area contributed by atoms with Crippen molar-refractivity contribution in [2.75, 3.05) is 5.32 Å². The van der Waals surface area contributed by atoms with Crippen molar-refractivity contribution in [1.29, 1.82) is 0 Å². The van der Waals surface area contributed by atoms with Crippen molar-refractivity contribution in [3.8, 4) is 16.2 Å². The van der Waals surface area contributed by atoms with Gasteiger partial charge in [0.05, 0.1) is 15.4 Å². The number of anilines is 1. The molecule has 0 spiro atoms. The number of ketones is 1. The molecule has 1 amide bonds. The molecule has 142 valence electrons. The summed E-state index contributed by atoms with van der Waals surface area (Å²) in [6.45, 7) is 4.61. The van der Waals surface area contributed by atoms with Crippen LogP contribution < -0.4 is 10.1 Å². The number of carbonyl (C=O) groups is 2. The van der Waals surface area contributed by atoms with Gasteiger partial charge in [-0.3, -0.25) is 14.9 Å². The maximum Gasteiger partial charge on any atom is 0.267 e. The third kappa shape index (κ3) is 2.95. The van der Waals surface area contributed by atoms with Gasteiger partial charge in [0.25, 0.3) is 5.91 Å². The first-order valence-corrected chi connectivity index (χ1v) is 10.7. The molecule has 0 unspecified atom stereocenters. The van der Waals surface area contributed by atoms with Crippen LogP contribution in [0.15, 0.2) is 30.3 Å². The van der Waals surface area contributed by atoms with Gasteiger partial charge >= 0.3 is 0 Å². The summed E-state index contributed by atoms with van der Waals surface area (Å²) in [6.07, 6.45) is 1.27. The Labute approximate surface area is 170 Å². The van der Waals surface area contributed by atoms with E-state index in [4.69, 9.17) is 4.74 Å². The molecule has 3 aromatic rings. The number of nitrogens with zero attached hydrogens (tertiary/aromatic N) is 1. The average Bonchev–Trinajstić information content (AvgIpc) is 3.24. The summed E-state index contributed by atoms with van der Waals surface area (Å²) in [6, 6.07) is 9.74. The number of para-hydroxylation sites is 1. The van der Waals surface area contributed by atoms with Crippen molar-refractivity contribution in [3.05, 3.63) is 51.3 Å². The zero-order valence-electron chi connectivity index (χ0n) is 15.5. The SMILES string of the molecule is CC1(C)CC(=O)c2sc(NC(=O)c3cc4c(s3)-c3ccccc3OC4)nc2C1. The zero-order chi connectivity index (χ0) is 19.5. The van der Waals surface area contributed by atoms with Crippen LogP contribution in [0.1, 0.15) is 50.9 Å². The third-order valence-electron chi connectivity index (χ3n) is 5.00. The summed E-state index contributed by atoms with van der Waals surface area (Å²) in [5.74, 6) is 0.761. The molecule has 1 aromatic carbocycles. The Kier molecular flexibility index (Phi) is 3.93. The summed E-state index contributed by atoms with van der Waals surface area (Å²) in [5.41, 5.74) is 2.75. The van der Waals surface area contributed by atoms with Gasteiger partial charge in [0.15, 0.2) is 10.9 Å². The highest BCUT2D eigenvalue weighted by Gasteiger charge is 2.34. The van der Waals surface area contributed by atoms with Crippen molar-refractivity contribution >= 4 is 39.5 Å². The molecule has 5 nitrogen and oxygen atoms in total. The molecule has 28 heavy (non-hydrogen) atoms. The van der Waals surface area contributed by atoms with Crippen LogP contribution in [-0.4, -0.2) is 16.7 Å². The molecule has 2 aliphatic rings. The van der Waals surface area contributed by atoms with E-state index >= 15 is 0 Å². The van der Waals surface area contributed by atoms with Crippen molar-refractivity contribution in [3.63, 3.8) is 0 Å². The molecule has 0 atom stereocenters. The molecule has 0 radical (unpaired) electrons. The van der Waals surface area contributed by atoms with E-state index < -0.39 is 0 Å². The lowest BCUT2D eigenvalue weighted by Gasteiger charge is -2.26. The first-order chi connectivity index (χ1) is 13.4. The van der Waals surface area contributed by atoms with Crippen LogP contribution in [0.25, 0.3) is 10.4 Å². The first-order valence-electron chi connectivity index (χ1n) is 9.09. The van der Waals surface area contributed by atoms with Crippen LogP contribution in [0.2, 0.25) is 0 Å². The number of nitrogens with one attached hydrogen (secondary N) is 1. The number of carbonyl (C=O) groups excluding carboxylic acids is 2. The number of thiazole rings is 1. The van der Waals surface area contributed by atoms with Gasteiger partial charge in [0.2, 0.25) is 0 Å². The Morgan fingerprint density at radius 3 is 2.86 bits per heavy atom.